The van der Waals surface area contributed by atoms with Crippen molar-refractivity contribution >= 4 is 12.3 Å². The number of carbonyl (C=O) groups excluding carboxylic acids is 2. The van der Waals surface area contributed by atoms with Crippen LogP contribution in [0.3, 0.4) is 0 Å². The van der Waals surface area contributed by atoms with Crippen LogP contribution in [0.5, 0.6) is 0 Å². The number of ether oxygens (including phenoxy) is 1. The Kier molecular flexibility index (Phi) is 3.31. The Morgan fingerprint density at radius 1 is 1.56 bits per heavy atom. The number of hydrogen-bond donors (Lipinski definition) is 0. The molecule has 0 aliphatic heterocycles. The normalized spacial score (nSPS) is 37.1. The highest BCUT2D eigenvalue weighted by atomic mass is 16.5. The number of aldehydes is 1. The highest BCUT2D eigenvalue weighted by Crippen LogP contribution is 2.56. The maximum absolute atomic E-state index is 12.0. The minimum atomic E-state index is -0.249. The van der Waals surface area contributed by atoms with Crippen molar-refractivity contribution in [2.45, 2.75) is 44.9 Å². The lowest BCUT2D eigenvalue weighted by Crippen LogP contribution is -2.37. The zero-order chi connectivity index (χ0) is 11.6. The van der Waals surface area contributed by atoms with Gasteiger partial charge in [-0.2, -0.15) is 0 Å². The summed E-state index contributed by atoms with van der Waals surface area (Å²) in [4.78, 5) is 22.5. The quantitative estimate of drug-likeness (QED) is 0.543. The molecule has 0 saturated heterocycles. The van der Waals surface area contributed by atoms with Crippen LogP contribution in [0.2, 0.25) is 0 Å². The van der Waals surface area contributed by atoms with Crippen molar-refractivity contribution in [3.8, 4) is 0 Å². The second-order valence-corrected chi connectivity index (χ2v) is 5.29. The summed E-state index contributed by atoms with van der Waals surface area (Å²) in [6.45, 7) is 0. The van der Waals surface area contributed by atoms with E-state index in [1.165, 1.54) is 13.5 Å². The Morgan fingerprint density at radius 2 is 2.38 bits per heavy atom. The molecule has 0 heterocycles. The van der Waals surface area contributed by atoms with E-state index in [4.69, 9.17) is 4.74 Å². The van der Waals surface area contributed by atoms with Crippen LogP contribution < -0.4 is 0 Å². The summed E-state index contributed by atoms with van der Waals surface area (Å²) in [5, 5.41) is 0. The maximum Gasteiger partial charge on any atom is 0.312 e. The molecule has 2 aliphatic carbocycles. The first-order valence-electron chi connectivity index (χ1n) is 6.25. The molecular formula is C13H20O3. The molecule has 0 aromatic heterocycles. The molecule has 16 heavy (non-hydrogen) atoms. The van der Waals surface area contributed by atoms with Crippen molar-refractivity contribution < 1.29 is 14.3 Å². The van der Waals surface area contributed by atoms with Gasteiger partial charge >= 0.3 is 5.97 Å². The minimum absolute atomic E-state index is 0.0365. The van der Waals surface area contributed by atoms with Crippen LogP contribution in [0.4, 0.5) is 0 Å². The van der Waals surface area contributed by atoms with Crippen molar-refractivity contribution in [2.75, 3.05) is 7.11 Å². The smallest absolute Gasteiger partial charge is 0.312 e. The van der Waals surface area contributed by atoms with Gasteiger partial charge < -0.3 is 9.53 Å². The fourth-order valence-electron chi connectivity index (χ4n) is 3.84. The van der Waals surface area contributed by atoms with Crippen molar-refractivity contribution in [1.29, 1.82) is 0 Å². The van der Waals surface area contributed by atoms with E-state index in [1.54, 1.807) is 0 Å². The third kappa shape index (κ3) is 1.76. The summed E-state index contributed by atoms with van der Waals surface area (Å²) in [5.41, 5.74) is -0.249. The first-order valence-corrected chi connectivity index (χ1v) is 6.25. The fraction of sp³-hybridized carbons (Fsp3) is 0.846. The second-order valence-electron chi connectivity index (χ2n) is 5.29. The highest BCUT2D eigenvalue weighted by molar-refractivity contribution is 5.78. The molecule has 0 radical (unpaired) electrons. The van der Waals surface area contributed by atoms with Gasteiger partial charge in [-0.25, -0.2) is 0 Å². The van der Waals surface area contributed by atoms with Crippen molar-refractivity contribution in [3.05, 3.63) is 0 Å². The summed E-state index contributed by atoms with van der Waals surface area (Å²) in [6.07, 6.45) is 7.85. The maximum atomic E-state index is 12.0. The molecule has 0 aromatic rings. The van der Waals surface area contributed by atoms with E-state index >= 15 is 0 Å². The number of esters is 1. The first kappa shape index (κ1) is 11.6. The van der Waals surface area contributed by atoms with Crippen molar-refractivity contribution in [3.63, 3.8) is 0 Å². The van der Waals surface area contributed by atoms with Crippen LogP contribution in [0.25, 0.3) is 0 Å². The van der Waals surface area contributed by atoms with Gasteiger partial charge in [0.2, 0.25) is 0 Å². The van der Waals surface area contributed by atoms with E-state index in [9.17, 15) is 9.59 Å². The lowest BCUT2D eigenvalue weighted by atomic mass is 9.70. The largest absolute Gasteiger partial charge is 0.469 e. The molecule has 3 heteroatoms. The number of methoxy groups -OCH3 is 1. The summed E-state index contributed by atoms with van der Waals surface area (Å²) >= 11 is 0. The Hall–Kier alpha value is -0.860. The van der Waals surface area contributed by atoms with Crippen LogP contribution in [0, 0.1) is 17.3 Å². The zero-order valence-electron chi connectivity index (χ0n) is 9.91. The summed E-state index contributed by atoms with van der Waals surface area (Å²) < 4.78 is 4.99. The van der Waals surface area contributed by atoms with Gasteiger partial charge in [-0.1, -0.05) is 12.8 Å². The molecule has 0 spiro atoms. The van der Waals surface area contributed by atoms with Gasteiger partial charge in [0.1, 0.15) is 6.29 Å². The van der Waals surface area contributed by atoms with Crippen molar-refractivity contribution in [2.24, 2.45) is 17.3 Å². The van der Waals surface area contributed by atoms with Gasteiger partial charge in [0, 0.05) is 6.42 Å². The molecule has 2 aliphatic rings. The molecule has 3 nitrogen and oxygen atoms in total. The molecule has 2 saturated carbocycles. The molecule has 90 valence electrons. The van der Waals surface area contributed by atoms with Gasteiger partial charge in [0.05, 0.1) is 12.5 Å². The SMILES string of the molecule is COC(=O)[C@@]12CCC[C@@H](C[C@@H]1CCC=O)C2. The van der Waals surface area contributed by atoms with Crippen LogP contribution in [-0.4, -0.2) is 19.4 Å². The monoisotopic (exact) mass is 224 g/mol. The Balaban J connectivity index is 2.16. The molecule has 0 amide bonds. The zero-order valence-corrected chi connectivity index (χ0v) is 9.91. The Morgan fingerprint density at radius 3 is 3.06 bits per heavy atom. The fourth-order valence-corrected chi connectivity index (χ4v) is 3.84. The van der Waals surface area contributed by atoms with E-state index in [0.717, 1.165) is 38.4 Å². The van der Waals surface area contributed by atoms with E-state index in [1.807, 2.05) is 0 Å². The number of rotatable bonds is 4. The van der Waals surface area contributed by atoms with E-state index in [-0.39, 0.29) is 11.4 Å². The average Bonchev–Trinajstić information content (AvgIpc) is 2.57. The van der Waals surface area contributed by atoms with Crippen LogP contribution >= 0.6 is 0 Å². The molecular weight excluding hydrogens is 204 g/mol. The summed E-state index contributed by atoms with van der Waals surface area (Å²) in [6, 6.07) is 0. The Labute approximate surface area is 96.5 Å². The van der Waals surface area contributed by atoms with E-state index < -0.39 is 0 Å². The predicted octanol–water partition coefficient (Wildman–Crippen LogP) is 2.33. The average molecular weight is 224 g/mol. The summed E-state index contributed by atoms with van der Waals surface area (Å²) in [7, 11) is 1.48. The van der Waals surface area contributed by atoms with Crippen molar-refractivity contribution in [1.82, 2.24) is 0 Å². The Bertz CT molecular complexity index is 287. The highest BCUT2D eigenvalue weighted by Gasteiger charge is 2.54. The minimum Gasteiger partial charge on any atom is -0.469 e. The molecule has 0 N–H and O–H groups in total. The van der Waals surface area contributed by atoms with Gasteiger partial charge in [-0.15, -0.1) is 0 Å². The van der Waals surface area contributed by atoms with E-state index in [0.29, 0.717) is 18.3 Å². The molecule has 0 unspecified atom stereocenters. The van der Waals surface area contributed by atoms with E-state index in [2.05, 4.69) is 0 Å². The topological polar surface area (TPSA) is 43.4 Å². The molecule has 2 fully saturated rings. The third-order valence-electron chi connectivity index (χ3n) is 4.51. The third-order valence-corrected chi connectivity index (χ3v) is 4.51. The lowest BCUT2D eigenvalue weighted by molar-refractivity contribution is -0.157. The van der Waals surface area contributed by atoms with Gasteiger partial charge in [0.25, 0.3) is 0 Å². The van der Waals surface area contributed by atoms with Crippen LogP contribution in [0.15, 0.2) is 0 Å². The van der Waals surface area contributed by atoms with Crippen LogP contribution in [0.1, 0.15) is 44.9 Å². The summed E-state index contributed by atoms with van der Waals surface area (Å²) in [5.74, 6) is 1.02. The van der Waals surface area contributed by atoms with Gasteiger partial charge in [-0.05, 0) is 37.5 Å². The molecule has 2 rings (SSSR count). The molecule has 3 atom stereocenters. The van der Waals surface area contributed by atoms with Gasteiger partial charge in [0.15, 0.2) is 0 Å². The number of fused-ring (bicyclic) bond motifs is 2. The lowest BCUT2D eigenvalue weighted by Gasteiger charge is -2.34. The molecule has 0 aromatic carbocycles. The molecule has 2 bridgehead atoms. The first-order chi connectivity index (χ1) is 7.73. The second kappa shape index (κ2) is 4.56. The van der Waals surface area contributed by atoms with Crippen LogP contribution in [-0.2, 0) is 14.3 Å². The van der Waals surface area contributed by atoms with Gasteiger partial charge in [-0.3, -0.25) is 4.79 Å². The number of carbonyl (C=O) groups is 2. The standard InChI is InChI=1S/C13H20O3/c1-16-12(15)13-6-2-4-10(9-13)8-11(13)5-3-7-14/h7,10-11H,2-6,8-9H2,1H3/t10-,11-,13+/m0/s1. The predicted molar refractivity (Wildman–Crippen MR) is 59.8 cm³/mol. The number of hydrogen-bond acceptors (Lipinski definition) is 3.